The van der Waals surface area contributed by atoms with E-state index < -0.39 is 0 Å². The molecule has 164 valence electrons. The third-order valence-corrected chi connectivity index (χ3v) is 7.33. The molecule has 3 heterocycles. The van der Waals surface area contributed by atoms with Gasteiger partial charge in [0, 0.05) is 50.6 Å². The normalized spacial score (nSPS) is 24.8. The van der Waals surface area contributed by atoms with Gasteiger partial charge in [-0.3, -0.25) is 4.90 Å². The van der Waals surface area contributed by atoms with E-state index in [1.54, 1.807) is 0 Å². The maximum atomic E-state index is 5.98. The number of aromatic nitrogens is 2. The summed E-state index contributed by atoms with van der Waals surface area (Å²) in [5.74, 6) is 1.99. The molecule has 1 saturated carbocycles. The number of likely N-dealkylation sites (tertiary alicyclic amines) is 1. The van der Waals surface area contributed by atoms with Crippen LogP contribution in [-0.2, 0) is 17.7 Å². The number of aromatic amines is 1. The molecular weight excluding hydrogens is 360 g/mol. The van der Waals surface area contributed by atoms with E-state index in [1.807, 2.05) is 0 Å². The molecule has 5 nitrogen and oxygen atoms in total. The molecule has 1 atom stereocenters. The molecule has 2 saturated heterocycles. The first kappa shape index (κ1) is 21.3. The smallest absolute Gasteiger partial charge is 0.106 e. The molecule has 0 amide bonds. The summed E-state index contributed by atoms with van der Waals surface area (Å²) in [6.07, 6.45) is 17.0. The van der Waals surface area contributed by atoms with Gasteiger partial charge >= 0.3 is 0 Å². The highest BCUT2D eigenvalue weighted by Gasteiger charge is 2.29. The zero-order valence-corrected chi connectivity index (χ0v) is 18.6. The van der Waals surface area contributed by atoms with Gasteiger partial charge < -0.3 is 14.6 Å². The summed E-state index contributed by atoms with van der Waals surface area (Å²) in [4.78, 5) is 13.7. The summed E-state index contributed by atoms with van der Waals surface area (Å²) in [7, 11) is 0. The van der Waals surface area contributed by atoms with Crippen molar-refractivity contribution in [2.24, 2.45) is 5.92 Å². The molecule has 0 radical (unpaired) electrons. The SMILES string of the molecule is CCCCc1ncc(CN(CC2CCN(C3CCCC3)CC2)C[C@@H]2CCCO2)[nH]1. The fraction of sp³-hybridized carbons (Fsp3) is 0.875. The van der Waals surface area contributed by atoms with Crippen molar-refractivity contribution in [3.63, 3.8) is 0 Å². The third-order valence-electron chi connectivity index (χ3n) is 7.33. The predicted molar refractivity (Wildman–Crippen MR) is 118 cm³/mol. The molecular formula is C24H42N4O. The lowest BCUT2D eigenvalue weighted by atomic mass is 9.94. The lowest BCUT2D eigenvalue weighted by Gasteiger charge is -2.38. The minimum absolute atomic E-state index is 0.427. The highest BCUT2D eigenvalue weighted by molar-refractivity contribution is 5.02. The van der Waals surface area contributed by atoms with Crippen LogP contribution in [-0.4, -0.2) is 64.7 Å². The minimum atomic E-state index is 0.427. The van der Waals surface area contributed by atoms with Crippen LogP contribution in [0.2, 0.25) is 0 Å². The number of piperidine rings is 1. The van der Waals surface area contributed by atoms with E-state index >= 15 is 0 Å². The largest absolute Gasteiger partial charge is 0.377 e. The molecule has 1 aliphatic carbocycles. The second kappa shape index (κ2) is 10.9. The quantitative estimate of drug-likeness (QED) is 0.630. The molecule has 4 rings (SSSR count). The fourth-order valence-corrected chi connectivity index (χ4v) is 5.61. The van der Waals surface area contributed by atoms with Crippen LogP contribution in [0.15, 0.2) is 6.20 Å². The van der Waals surface area contributed by atoms with Gasteiger partial charge in [-0.25, -0.2) is 4.98 Å². The van der Waals surface area contributed by atoms with E-state index in [0.717, 1.165) is 43.9 Å². The van der Waals surface area contributed by atoms with Crippen LogP contribution < -0.4 is 0 Å². The van der Waals surface area contributed by atoms with E-state index in [9.17, 15) is 0 Å². The standard InChI is InChI=1S/C24H42N4O/c1-2-3-10-24-25-16-21(26-24)18-27(19-23-9-6-15-29-23)17-20-11-13-28(14-12-20)22-7-4-5-8-22/h16,20,22-23H,2-15,17-19H2,1H3,(H,25,26)/t23-/m0/s1. The highest BCUT2D eigenvalue weighted by Crippen LogP contribution is 2.28. The van der Waals surface area contributed by atoms with Gasteiger partial charge in [0.15, 0.2) is 0 Å². The zero-order chi connectivity index (χ0) is 19.9. The Balaban J connectivity index is 1.30. The van der Waals surface area contributed by atoms with Crippen LogP contribution in [0.4, 0.5) is 0 Å². The Labute approximate surface area is 177 Å². The van der Waals surface area contributed by atoms with Crippen molar-refractivity contribution in [1.82, 2.24) is 19.8 Å². The number of rotatable bonds is 10. The molecule has 29 heavy (non-hydrogen) atoms. The van der Waals surface area contributed by atoms with Gasteiger partial charge in [-0.05, 0) is 64.0 Å². The molecule has 1 N–H and O–H groups in total. The third kappa shape index (κ3) is 6.28. The van der Waals surface area contributed by atoms with Gasteiger partial charge in [0.1, 0.15) is 5.82 Å². The Morgan fingerprint density at radius 3 is 2.66 bits per heavy atom. The van der Waals surface area contributed by atoms with Crippen molar-refractivity contribution in [2.75, 3.05) is 32.8 Å². The monoisotopic (exact) mass is 402 g/mol. The van der Waals surface area contributed by atoms with Crippen molar-refractivity contribution in [2.45, 2.75) is 96.2 Å². The lowest BCUT2D eigenvalue weighted by Crippen LogP contribution is -2.43. The molecule has 3 fully saturated rings. The van der Waals surface area contributed by atoms with Crippen molar-refractivity contribution in [3.8, 4) is 0 Å². The van der Waals surface area contributed by atoms with Crippen LogP contribution in [0.5, 0.6) is 0 Å². The van der Waals surface area contributed by atoms with Crippen LogP contribution in [0.25, 0.3) is 0 Å². The molecule has 5 heteroatoms. The number of nitrogens with one attached hydrogen (secondary N) is 1. The lowest BCUT2D eigenvalue weighted by molar-refractivity contribution is 0.0536. The average molecular weight is 403 g/mol. The second-order valence-electron chi connectivity index (χ2n) is 9.71. The van der Waals surface area contributed by atoms with Crippen LogP contribution in [0, 0.1) is 5.92 Å². The van der Waals surface area contributed by atoms with Gasteiger partial charge in [-0.2, -0.15) is 0 Å². The molecule has 2 aliphatic heterocycles. The Morgan fingerprint density at radius 1 is 1.10 bits per heavy atom. The van der Waals surface area contributed by atoms with Crippen molar-refractivity contribution < 1.29 is 4.74 Å². The number of imidazole rings is 1. The number of H-pyrrole nitrogens is 1. The number of nitrogens with zero attached hydrogens (tertiary/aromatic N) is 3. The first-order chi connectivity index (χ1) is 14.3. The van der Waals surface area contributed by atoms with Crippen molar-refractivity contribution in [1.29, 1.82) is 0 Å². The Kier molecular flexibility index (Phi) is 8.03. The maximum Gasteiger partial charge on any atom is 0.106 e. The van der Waals surface area contributed by atoms with E-state index in [4.69, 9.17) is 4.74 Å². The number of hydrogen-bond acceptors (Lipinski definition) is 4. The summed E-state index contributed by atoms with van der Waals surface area (Å²) in [5.41, 5.74) is 1.28. The second-order valence-corrected chi connectivity index (χ2v) is 9.71. The van der Waals surface area contributed by atoms with Crippen molar-refractivity contribution in [3.05, 3.63) is 17.7 Å². The average Bonchev–Trinajstić information content (AvgIpc) is 3.50. The summed E-state index contributed by atoms with van der Waals surface area (Å²) in [5, 5.41) is 0. The van der Waals surface area contributed by atoms with Crippen LogP contribution >= 0.6 is 0 Å². The molecule has 0 bridgehead atoms. The van der Waals surface area contributed by atoms with E-state index in [0.29, 0.717) is 6.10 Å². The van der Waals surface area contributed by atoms with Gasteiger partial charge in [0.25, 0.3) is 0 Å². The Morgan fingerprint density at radius 2 is 1.93 bits per heavy atom. The first-order valence-electron chi connectivity index (χ1n) is 12.4. The molecule has 0 unspecified atom stereocenters. The molecule has 0 spiro atoms. The zero-order valence-electron chi connectivity index (χ0n) is 18.6. The van der Waals surface area contributed by atoms with Gasteiger partial charge in [-0.15, -0.1) is 0 Å². The molecule has 1 aromatic heterocycles. The molecule has 0 aromatic carbocycles. The van der Waals surface area contributed by atoms with Crippen LogP contribution in [0.1, 0.15) is 82.7 Å². The summed E-state index contributed by atoms with van der Waals surface area (Å²) in [6.45, 7) is 9.09. The summed E-state index contributed by atoms with van der Waals surface area (Å²) in [6, 6.07) is 0.894. The minimum Gasteiger partial charge on any atom is -0.377 e. The van der Waals surface area contributed by atoms with Crippen LogP contribution in [0.3, 0.4) is 0 Å². The van der Waals surface area contributed by atoms with Gasteiger partial charge in [-0.1, -0.05) is 26.2 Å². The number of hydrogen-bond donors (Lipinski definition) is 1. The molecule has 3 aliphatic rings. The number of aryl methyl sites for hydroxylation is 1. The highest BCUT2D eigenvalue weighted by atomic mass is 16.5. The number of unbranched alkanes of at least 4 members (excludes halogenated alkanes) is 1. The predicted octanol–water partition coefficient (Wildman–Crippen LogP) is 4.39. The Bertz CT molecular complexity index is 583. The summed E-state index contributed by atoms with van der Waals surface area (Å²) < 4.78 is 5.98. The maximum absolute atomic E-state index is 5.98. The van der Waals surface area contributed by atoms with Crippen molar-refractivity contribution >= 4 is 0 Å². The van der Waals surface area contributed by atoms with E-state index in [1.165, 1.54) is 89.5 Å². The summed E-state index contributed by atoms with van der Waals surface area (Å²) >= 11 is 0. The molecule has 1 aromatic rings. The van der Waals surface area contributed by atoms with Gasteiger partial charge in [0.05, 0.1) is 6.10 Å². The van der Waals surface area contributed by atoms with E-state index in [2.05, 4.69) is 32.9 Å². The number of ether oxygens (including phenoxy) is 1. The van der Waals surface area contributed by atoms with E-state index in [-0.39, 0.29) is 0 Å². The Hall–Kier alpha value is -0.910. The topological polar surface area (TPSA) is 44.4 Å². The van der Waals surface area contributed by atoms with Gasteiger partial charge in [0.2, 0.25) is 0 Å². The first-order valence-corrected chi connectivity index (χ1v) is 12.4. The fourth-order valence-electron chi connectivity index (χ4n) is 5.61.